The predicted octanol–water partition coefficient (Wildman–Crippen LogP) is 4.46. The Kier molecular flexibility index (Phi) is 6.49. The van der Waals surface area contributed by atoms with E-state index < -0.39 is 0 Å². The Morgan fingerprint density at radius 1 is 1.10 bits per heavy atom. The second kappa shape index (κ2) is 9.42. The molecule has 0 atom stereocenters. The molecule has 0 aliphatic carbocycles. The van der Waals surface area contributed by atoms with E-state index >= 15 is 0 Å². The van der Waals surface area contributed by atoms with Gasteiger partial charge in [-0.05, 0) is 37.3 Å². The molecule has 2 N–H and O–H groups in total. The number of hydrogen-bond donors (Lipinski definition) is 2. The molecule has 1 heterocycles. The summed E-state index contributed by atoms with van der Waals surface area (Å²) in [5, 5.41) is 5.81. The number of nitrogens with zero attached hydrogens (tertiary/aromatic N) is 2. The fourth-order valence-electron chi connectivity index (χ4n) is 2.55. The first kappa shape index (κ1) is 20.7. The summed E-state index contributed by atoms with van der Waals surface area (Å²) in [6.07, 6.45) is 2.86. The van der Waals surface area contributed by atoms with Crippen LogP contribution in [0.3, 0.4) is 0 Å². The van der Waals surface area contributed by atoms with Gasteiger partial charge in [-0.3, -0.25) is 4.79 Å². The molecule has 0 saturated carbocycles. The highest BCUT2D eigenvalue weighted by Gasteiger charge is 2.11. The van der Waals surface area contributed by atoms with Crippen LogP contribution in [-0.4, -0.2) is 30.1 Å². The maximum atomic E-state index is 11.5. The van der Waals surface area contributed by atoms with Crippen LogP contribution in [0, 0.1) is 6.92 Å². The lowest BCUT2D eigenvalue weighted by molar-refractivity contribution is -0.111. The standard InChI is InChI=1S/C22H22N4O4/c1-5-20(27)24-15-7-6-8-17(11-15)30-21-14(2)13-23-22(26-21)25-18-10-9-16(28-3)12-19(18)29-4/h5-13H,1H2,2-4H3,(H,24,27)(H,23,25,26). The van der Waals surface area contributed by atoms with E-state index in [-0.39, 0.29) is 5.91 Å². The lowest BCUT2D eigenvalue weighted by atomic mass is 10.2. The van der Waals surface area contributed by atoms with Crippen molar-refractivity contribution in [3.63, 3.8) is 0 Å². The summed E-state index contributed by atoms with van der Waals surface area (Å²) in [4.78, 5) is 20.3. The lowest BCUT2D eigenvalue weighted by Crippen LogP contribution is -2.07. The fourth-order valence-corrected chi connectivity index (χ4v) is 2.55. The molecule has 0 spiro atoms. The van der Waals surface area contributed by atoms with E-state index in [0.29, 0.717) is 40.5 Å². The minimum absolute atomic E-state index is 0.301. The first-order valence-electron chi connectivity index (χ1n) is 9.06. The first-order chi connectivity index (χ1) is 14.5. The van der Waals surface area contributed by atoms with Crippen LogP contribution in [0.4, 0.5) is 17.3 Å². The second-order valence-corrected chi connectivity index (χ2v) is 6.20. The van der Waals surface area contributed by atoms with E-state index in [1.165, 1.54) is 6.08 Å². The molecule has 30 heavy (non-hydrogen) atoms. The first-order valence-corrected chi connectivity index (χ1v) is 9.06. The Bertz CT molecular complexity index is 1070. The molecule has 0 bridgehead atoms. The summed E-state index contributed by atoms with van der Waals surface area (Å²) in [5.41, 5.74) is 2.02. The van der Waals surface area contributed by atoms with Crippen LogP contribution in [-0.2, 0) is 4.79 Å². The van der Waals surface area contributed by atoms with Crippen molar-refractivity contribution >= 4 is 23.2 Å². The number of nitrogens with one attached hydrogen (secondary N) is 2. The van der Waals surface area contributed by atoms with Gasteiger partial charge < -0.3 is 24.8 Å². The third-order valence-electron chi connectivity index (χ3n) is 4.08. The maximum absolute atomic E-state index is 11.5. The summed E-state index contributed by atoms with van der Waals surface area (Å²) < 4.78 is 16.5. The smallest absolute Gasteiger partial charge is 0.247 e. The maximum Gasteiger partial charge on any atom is 0.247 e. The van der Waals surface area contributed by atoms with Crippen molar-refractivity contribution in [1.82, 2.24) is 9.97 Å². The van der Waals surface area contributed by atoms with E-state index in [0.717, 1.165) is 5.56 Å². The van der Waals surface area contributed by atoms with E-state index in [1.54, 1.807) is 56.8 Å². The van der Waals surface area contributed by atoms with E-state index in [2.05, 4.69) is 27.2 Å². The summed E-state index contributed by atoms with van der Waals surface area (Å²) in [7, 11) is 3.16. The predicted molar refractivity (Wildman–Crippen MR) is 115 cm³/mol. The number of carbonyl (C=O) groups is 1. The Balaban J connectivity index is 1.82. The van der Waals surface area contributed by atoms with Gasteiger partial charge in [0.15, 0.2) is 0 Å². The average Bonchev–Trinajstić information content (AvgIpc) is 2.76. The molecule has 3 aromatic rings. The Morgan fingerprint density at radius 3 is 2.67 bits per heavy atom. The molecule has 3 rings (SSSR count). The van der Waals surface area contributed by atoms with Crippen LogP contribution in [0.5, 0.6) is 23.1 Å². The molecule has 1 aromatic heterocycles. The van der Waals surface area contributed by atoms with Crippen LogP contribution in [0.15, 0.2) is 61.3 Å². The highest BCUT2D eigenvalue weighted by Crippen LogP contribution is 2.32. The topological polar surface area (TPSA) is 94.6 Å². The van der Waals surface area contributed by atoms with Crippen molar-refractivity contribution < 1.29 is 19.0 Å². The lowest BCUT2D eigenvalue weighted by Gasteiger charge is -2.13. The molecule has 154 valence electrons. The zero-order valence-corrected chi connectivity index (χ0v) is 16.9. The molecule has 0 radical (unpaired) electrons. The van der Waals surface area contributed by atoms with Gasteiger partial charge in [0.05, 0.1) is 19.9 Å². The summed E-state index contributed by atoms with van der Waals surface area (Å²) in [5.74, 6) is 2.21. The van der Waals surface area contributed by atoms with Gasteiger partial charge in [0, 0.05) is 29.6 Å². The molecule has 0 aliphatic rings. The fraction of sp³-hybridized carbons (Fsp3) is 0.136. The van der Waals surface area contributed by atoms with Crippen molar-refractivity contribution in [2.75, 3.05) is 24.9 Å². The van der Waals surface area contributed by atoms with Crippen molar-refractivity contribution in [1.29, 1.82) is 0 Å². The summed E-state index contributed by atoms with van der Waals surface area (Å²) in [6, 6.07) is 12.4. The third kappa shape index (κ3) is 5.05. The van der Waals surface area contributed by atoms with Crippen LogP contribution in [0.25, 0.3) is 0 Å². The molecule has 0 fully saturated rings. The summed E-state index contributed by atoms with van der Waals surface area (Å²) in [6.45, 7) is 5.29. The quantitative estimate of drug-likeness (QED) is 0.533. The van der Waals surface area contributed by atoms with Gasteiger partial charge in [-0.1, -0.05) is 12.6 Å². The number of rotatable bonds is 8. The van der Waals surface area contributed by atoms with E-state index in [4.69, 9.17) is 14.2 Å². The van der Waals surface area contributed by atoms with Crippen molar-refractivity contribution in [3.05, 3.63) is 66.9 Å². The zero-order valence-electron chi connectivity index (χ0n) is 16.9. The molecule has 0 unspecified atom stereocenters. The number of carbonyl (C=O) groups excluding carboxylic acids is 1. The van der Waals surface area contributed by atoms with Crippen LogP contribution >= 0.6 is 0 Å². The average molecular weight is 406 g/mol. The van der Waals surface area contributed by atoms with Gasteiger partial charge in [-0.15, -0.1) is 0 Å². The van der Waals surface area contributed by atoms with Gasteiger partial charge in [0.2, 0.25) is 17.7 Å². The van der Waals surface area contributed by atoms with Gasteiger partial charge >= 0.3 is 0 Å². The van der Waals surface area contributed by atoms with E-state index in [9.17, 15) is 4.79 Å². The number of ether oxygens (including phenoxy) is 3. The Morgan fingerprint density at radius 2 is 1.93 bits per heavy atom. The van der Waals surface area contributed by atoms with Crippen molar-refractivity contribution in [3.8, 4) is 23.1 Å². The number of aromatic nitrogens is 2. The number of methoxy groups -OCH3 is 2. The number of aryl methyl sites for hydroxylation is 1. The normalized spacial score (nSPS) is 10.1. The molecule has 0 aliphatic heterocycles. The SMILES string of the molecule is C=CC(=O)Nc1cccc(Oc2nc(Nc3ccc(OC)cc3OC)ncc2C)c1. The van der Waals surface area contributed by atoms with Crippen LogP contribution in [0.1, 0.15) is 5.56 Å². The molecular weight excluding hydrogens is 384 g/mol. The van der Waals surface area contributed by atoms with Crippen LogP contribution in [0.2, 0.25) is 0 Å². The highest BCUT2D eigenvalue weighted by atomic mass is 16.5. The molecule has 8 heteroatoms. The second-order valence-electron chi connectivity index (χ2n) is 6.20. The van der Waals surface area contributed by atoms with Gasteiger partial charge in [0.25, 0.3) is 0 Å². The third-order valence-corrected chi connectivity index (χ3v) is 4.08. The molecule has 0 saturated heterocycles. The summed E-state index contributed by atoms with van der Waals surface area (Å²) >= 11 is 0. The number of hydrogen-bond acceptors (Lipinski definition) is 7. The highest BCUT2D eigenvalue weighted by molar-refractivity contribution is 5.98. The Labute approximate surface area is 174 Å². The zero-order chi connectivity index (χ0) is 21.5. The number of anilines is 3. The van der Waals surface area contributed by atoms with E-state index in [1.807, 2.05) is 13.0 Å². The molecule has 2 aromatic carbocycles. The van der Waals surface area contributed by atoms with Crippen molar-refractivity contribution in [2.24, 2.45) is 0 Å². The number of benzene rings is 2. The monoisotopic (exact) mass is 406 g/mol. The molecule has 1 amide bonds. The van der Waals surface area contributed by atoms with Gasteiger partial charge in [-0.2, -0.15) is 4.98 Å². The minimum Gasteiger partial charge on any atom is -0.497 e. The molecule has 8 nitrogen and oxygen atoms in total. The Hall–Kier alpha value is -4.07. The van der Waals surface area contributed by atoms with Crippen molar-refractivity contribution in [2.45, 2.75) is 6.92 Å². The van der Waals surface area contributed by atoms with Crippen LogP contribution < -0.4 is 24.8 Å². The van der Waals surface area contributed by atoms with Gasteiger partial charge in [-0.25, -0.2) is 4.98 Å². The minimum atomic E-state index is -0.301. The number of amides is 1. The molecular formula is C22H22N4O4. The largest absolute Gasteiger partial charge is 0.497 e. The van der Waals surface area contributed by atoms with Gasteiger partial charge in [0.1, 0.15) is 17.2 Å².